The lowest BCUT2D eigenvalue weighted by Gasteiger charge is -2.29. The minimum Gasteiger partial charge on any atom is -0.489 e. The van der Waals surface area contributed by atoms with Crippen LogP contribution in [0.3, 0.4) is 0 Å². The predicted octanol–water partition coefficient (Wildman–Crippen LogP) is 5.37. The van der Waals surface area contributed by atoms with Crippen LogP contribution in [0.15, 0.2) is 82.6 Å². The Labute approximate surface area is 234 Å². The van der Waals surface area contributed by atoms with Crippen LogP contribution in [-0.4, -0.2) is 27.0 Å². The van der Waals surface area contributed by atoms with Gasteiger partial charge in [0.1, 0.15) is 17.6 Å². The number of benzene rings is 3. The van der Waals surface area contributed by atoms with Gasteiger partial charge in [-0.05, 0) is 47.5 Å². The molecule has 2 aliphatic heterocycles. The predicted molar refractivity (Wildman–Crippen MR) is 148 cm³/mol. The SMILES string of the molecule is O=C1[C@H]2[C@H](c3ccc(OCc4ccc(Cl)cc4)cc3)c3sc(=O)[nH]c3S[C@H]2C(=O)N1c1ccc([N+](=O)[O-])cc1. The van der Waals surface area contributed by atoms with Gasteiger partial charge in [0.05, 0.1) is 21.6 Å². The number of halogens is 1. The number of aromatic amines is 1. The third-order valence-electron chi connectivity index (χ3n) is 6.70. The molecule has 0 radical (unpaired) electrons. The first-order valence-electron chi connectivity index (χ1n) is 11.8. The average molecular weight is 580 g/mol. The van der Waals surface area contributed by atoms with Gasteiger partial charge < -0.3 is 9.72 Å². The molecular formula is C27H18ClN3O6S2. The molecule has 2 amide bonds. The molecule has 1 aromatic heterocycles. The van der Waals surface area contributed by atoms with E-state index in [-0.39, 0.29) is 16.2 Å². The lowest BCUT2D eigenvalue weighted by Crippen LogP contribution is -2.32. The van der Waals surface area contributed by atoms with E-state index < -0.39 is 33.8 Å². The molecule has 0 unspecified atom stereocenters. The summed E-state index contributed by atoms with van der Waals surface area (Å²) in [5, 5.41) is 11.5. The molecule has 3 heterocycles. The number of ether oxygens (including phenoxy) is 1. The number of hydrogen-bond donors (Lipinski definition) is 1. The zero-order valence-electron chi connectivity index (χ0n) is 19.9. The fourth-order valence-corrected chi connectivity index (χ4v) is 7.51. The summed E-state index contributed by atoms with van der Waals surface area (Å²) in [6, 6.07) is 19.9. The Morgan fingerprint density at radius 1 is 0.949 bits per heavy atom. The van der Waals surface area contributed by atoms with E-state index >= 15 is 0 Å². The number of nitrogens with one attached hydrogen (secondary N) is 1. The first-order chi connectivity index (χ1) is 18.8. The van der Waals surface area contributed by atoms with Crippen molar-refractivity contribution in [3.8, 4) is 5.75 Å². The van der Waals surface area contributed by atoms with Gasteiger partial charge in [-0.1, -0.05) is 59.0 Å². The van der Waals surface area contributed by atoms with E-state index in [1.807, 2.05) is 24.3 Å². The number of nitro benzene ring substituents is 1. The maximum atomic E-state index is 13.8. The number of imide groups is 1. The molecule has 0 aliphatic carbocycles. The van der Waals surface area contributed by atoms with E-state index in [0.717, 1.165) is 27.4 Å². The fraction of sp³-hybridized carbons (Fsp3) is 0.148. The van der Waals surface area contributed by atoms with Gasteiger partial charge in [0.2, 0.25) is 11.8 Å². The monoisotopic (exact) mass is 579 g/mol. The standard InChI is InChI=1S/C27H18ClN3O6S2/c28-16-5-1-14(2-6-16)13-37-19-11-3-15(4-12-19)20-21-23(38-24-22(20)39-27(34)29-24)26(33)30(25(21)32)17-7-9-18(10-8-17)31(35)36/h1-12,20-21,23H,13H2,(H,29,34)/t20-,21-,23+/m0/s1. The molecule has 196 valence electrons. The van der Waals surface area contributed by atoms with E-state index in [2.05, 4.69) is 4.98 Å². The number of hydrogen-bond acceptors (Lipinski definition) is 8. The van der Waals surface area contributed by atoms with Crippen molar-refractivity contribution < 1.29 is 19.2 Å². The van der Waals surface area contributed by atoms with Crippen LogP contribution in [0.25, 0.3) is 0 Å². The van der Waals surface area contributed by atoms with Crippen molar-refractivity contribution in [3.63, 3.8) is 0 Å². The number of carbonyl (C=O) groups is 2. The van der Waals surface area contributed by atoms with Crippen molar-refractivity contribution in [2.24, 2.45) is 5.92 Å². The number of amides is 2. The van der Waals surface area contributed by atoms with E-state index in [9.17, 15) is 24.5 Å². The minimum atomic E-state index is -0.753. The van der Waals surface area contributed by atoms with E-state index in [1.54, 1.807) is 24.3 Å². The summed E-state index contributed by atoms with van der Waals surface area (Å²) in [6.07, 6.45) is 0. The number of non-ortho nitro benzene ring substituents is 1. The maximum absolute atomic E-state index is 13.8. The smallest absolute Gasteiger partial charge is 0.305 e. The highest BCUT2D eigenvalue weighted by molar-refractivity contribution is 8.00. The summed E-state index contributed by atoms with van der Waals surface area (Å²) in [5.41, 5.74) is 1.86. The van der Waals surface area contributed by atoms with Crippen LogP contribution >= 0.6 is 34.7 Å². The molecule has 2 aliphatic rings. The van der Waals surface area contributed by atoms with Gasteiger partial charge >= 0.3 is 4.87 Å². The minimum absolute atomic E-state index is 0.138. The summed E-state index contributed by atoms with van der Waals surface area (Å²) >= 11 is 8.15. The van der Waals surface area contributed by atoms with Crippen LogP contribution in [0.5, 0.6) is 5.75 Å². The molecule has 0 saturated carbocycles. The first kappa shape index (κ1) is 25.4. The Kier molecular flexibility index (Phi) is 6.49. The number of H-pyrrole nitrogens is 1. The molecule has 1 N–H and O–H groups in total. The number of rotatable bonds is 6. The van der Waals surface area contributed by atoms with Crippen LogP contribution in [0.1, 0.15) is 21.9 Å². The van der Waals surface area contributed by atoms with Crippen LogP contribution < -0.4 is 14.5 Å². The van der Waals surface area contributed by atoms with Gasteiger partial charge in [-0.15, -0.1) is 0 Å². The summed E-state index contributed by atoms with van der Waals surface area (Å²) in [5.74, 6) is -1.49. The van der Waals surface area contributed by atoms with Crippen LogP contribution in [0, 0.1) is 16.0 Å². The van der Waals surface area contributed by atoms with Crippen molar-refractivity contribution in [1.82, 2.24) is 4.98 Å². The molecule has 12 heteroatoms. The second kappa shape index (κ2) is 9.99. The van der Waals surface area contributed by atoms with E-state index in [0.29, 0.717) is 27.3 Å². The zero-order valence-corrected chi connectivity index (χ0v) is 22.3. The third-order valence-corrected chi connectivity index (χ3v) is 9.35. The first-order valence-corrected chi connectivity index (χ1v) is 13.9. The zero-order chi connectivity index (χ0) is 27.3. The van der Waals surface area contributed by atoms with E-state index in [4.69, 9.17) is 16.3 Å². The highest BCUT2D eigenvalue weighted by Crippen LogP contribution is 2.53. The topological polar surface area (TPSA) is 123 Å². The average Bonchev–Trinajstić information content (AvgIpc) is 3.43. The third kappa shape index (κ3) is 4.62. The summed E-state index contributed by atoms with van der Waals surface area (Å²) in [6.45, 7) is 0.349. The number of nitrogens with zero attached hydrogens (tertiary/aromatic N) is 2. The molecule has 3 atom stereocenters. The molecule has 1 saturated heterocycles. The molecule has 0 spiro atoms. The Morgan fingerprint density at radius 3 is 2.31 bits per heavy atom. The number of anilines is 1. The normalized spacial score (nSPS) is 20.0. The summed E-state index contributed by atoms with van der Waals surface area (Å²) < 4.78 is 5.90. The van der Waals surface area contributed by atoms with Gasteiger partial charge in [0, 0.05) is 28.0 Å². The van der Waals surface area contributed by atoms with Gasteiger partial charge in [0.15, 0.2) is 0 Å². The second-order valence-corrected chi connectivity index (χ2v) is 11.6. The van der Waals surface area contributed by atoms with Crippen molar-refractivity contribution in [2.75, 3.05) is 4.90 Å². The number of fused-ring (bicyclic) bond motifs is 2. The molecule has 9 nitrogen and oxygen atoms in total. The number of thioether (sulfide) groups is 1. The van der Waals surface area contributed by atoms with Crippen molar-refractivity contribution >= 4 is 57.9 Å². The Morgan fingerprint density at radius 2 is 1.64 bits per heavy atom. The van der Waals surface area contributed by atoms with Crippen LogP contribution in [-0.2, 0) is 16.2 Å². The molecule has 3 aromatic carbocycles. The van der Waals surface area contributed by atoms with Crippen LogP contribution in [0.2, 0.25) is 5.02 Å². The maximum Gasteiger partial charge on any atom is 0.305 e. The van der Waals surface area contributed by atoms with Crippen LogP contribution in [0.4, 0.5) is 11.4 Å². The van der Waals surface area contributed by atoms with Gasteiger partial charge in [-0.3, -0.25) is 24.5 Å². The summed E-state index contributed by atoms with van der Waals surface area (Å²) in [4.78, 5) is 54.4. The molecule has 4 aromatic rings. The molecule has 39 heavy (non-hydrogen) atoms. The molecule has 6 rings (SSSR count). The van der Waals surface area contributed by atoms with Gasteiger partial charge in [-0.2, -0.15) is 0 Å². The van der Waals surface area contributed by atoms with Crippen molar-refractivity contribution in [1.29, 1.82) is 0 Å². The highest BCUT2D eigenvalue weighted by atomic mass is 35.5. The highest BCUT2D eigenvalue weighted by Gasteiger charge is 2.56. The van der Waals surface area contributed by atoms with Crippen molar-refractivity contribution in [3.05, 3.63) is 114 Å². The number of nitro groups is 1. The number of carbonyl (C=O) groups excluding carboxylic acids is 2. The van der Waals surface area contributed by atoms with E-state index in [1.165, 1.54) is 36.0 Å². The Hall–Kier alpha value is -3.93. The van der Waals surface area contributed by atoms with Gasteiger partial charge in [-0.25, -0.2) is 4.90 Å². The fourth-order valence-electron chi connectivity index (χ4n) is 4.87. The molecule has 0 bridgehead atoms. The van der Waals surface area contributed by atoms with Gasteiger partial charge in [0.25, 0.3) is 5.69 Å². The molecular weight excluding hydrogens is 562 g/mol. The molecule has 1 fully saturated rings. The van der Waals surface area contributed by atoms with Crippen molar-refractivity contribution in [2.45, 2.75) is 22.8 Å². The lowest BCUT2D eigenvalue weighted by atomic mass is 9.83. The summed E-state index contributed by atoms with van der Waals surface area (Å²) in [7, 11) is 0. The Balaban J connectivity index is 1.31. The lowest BCUT2D eigenvalue weighted by molar-refractivity contribution is -0.384. The Bertz CT molecular complexity index is 1650. The largest absolute Gasteiger partial charge is 0.489 e. The number of thiazole rings is 1. The second-order valence-electron chi connectivity index (χ2n) is 9.02. The quantitative estimate of drug-likeness (QED) is 0.185. The number of aromatic nitrogens is 1.